The first kappa shape index (κ1) is 17.4. The summed E-state index contributed by atoms with van der Waals surface area (Å²) >= 11 is 0. The van der Waals surface area contributed by atoms with Crippen LogP contribution in [0.3, 0.4) is 0 Å². The zero-order valence-corrected chi connectivity index (χ0v) is 12.9. The highest BCUT2D eigenvalue weighted by Crippen LogP contribution is 2.32. The molecule has 0 heterocycles. The van der Waals surface area contributed by atoms with Gasteiger partial charge in [0.15, 0.2) is 17.6 Å². The molecule has 2 aromatic rings. The summed E-state index contributed by atoms with van der Waals surface area (Å²) in [6, 6.07) is 13.8. The molecular weight excluding hydrogens is 282 g/mol. The number of carboxylic acid groups (broad SMARTS) is 1. The second-order valence-corrected chi connectivity index (χ2v) is 4.22. The number of ether oxygens (including phenoxy) is 2. The van der Waals surface area contributed by atoms with Crippen LogP contribution in [0.2, 0.25) is 0 Å². The van der Waals surface area contributed by atoms with E-state index in [1.807, 2.05) is 13.8 Å². The number of hydrogen-bond acceptors (Lipinski definition) is 4. The Kier molecular flexibility index (Phi) is 6.76. The van der Waals surface area contributed by atoms with Gasteiger partial charge in [0.2, 0.25) is 0 Å². The number of carboxylic acids is 1. The lowest BCUT2D eigenvalue weighted by atomic mass is 10.3. The zero-order chi connectivity index (χ0) is 16.5. The Morgan fingerprint density at radius 3 is 2.14 bits per heavy atom. The fraction of sp³-hybridized carbons (Fsp3) is 0.235. The lowest BCUT2D eigenvalue weighted by molar-refractivity contribution is -0.144. The summed E-state index contributed by atoms with van der Waals surface area (Å²) in [5.74, 6) is 0.384. The molecule has 0 aromatic heterocycles. The molecule has 0 saturated carbocycles. The topological polar surface area (TPSA) is 81.8 Å². The molecule has 0 fully saturated rings. The minimum absolute atomic E-state index is 0.374. The Balaban J connectivity index is 0.00000116. The maximum absolute atomic E-state index is 10.8. The molecule has 0 radical (unpaired) electrons. The van der Waals surface area contributed by atoms with E-state index in [4.69, 9.17) is 20.3 Å². The molecule has 0 aliphatic carbocycles. The van der Waals surface area contributed by atoms with Crippen LogP contribution >= 0.6 is 0 Å². The number of carbonyl (C=O) groups is 1. The second-order valence-electron chi connectivity index (χ2n) is 4.22. The van der Waals surface area contributed by atoms with Crippen LogP contribution in [0.4, 0.5) is 5.69 Å². The van der Waals surface area contributed by atoms with Gasteiger partial charge in [0, 0.05) is 5.69 Å². The van der Waals surface area contributed by atoms with Gasteiger partial charge in [0.05, 0.1) is 0 Å². The molecule has 1 atom stereocenters. The van der Waals surface area contributed by atoms with Crippen LogP contribution in [0.25, 0.3) is 0 Å². The van der Waals surface area contributed by atoms with Gasteiger partial charge in [0.1, 0.15) is 5.75 Å². The molecule has 22 heavy (non-hydrogen) atoms. The number of hydrogen-bond donors (Lipinski definition) is 2. The molecule has 2 aromatic carbocycles. The third-order valence-electron chi connectivity index (χ3n) is 2.61. The Morgan fingerprint density at radius 2 is 1.59 bits per heavy atom. The van der Waals surface area contributed by atoms with Gasteiger partial charge in [-0.1, -0.05) is 26.0 Å². The fourth-order valence-electron chi connectivity index (χ4n) is 1.54. The molecule has 0 bridgehead atoms. The molecule has 0 spiro atoms. The minimum atomic E-state index is -1.03. The zero-order valence-electron chi connectivity index (χ0n) is 12.9. The maximum Gasteiger partial charge on any atom is 0.344 e. The van der Waals surface area contributed by atoms with Crippen molar-refractivity contribution in [1.82, 2.24) is 0 Å². The van der Waals surface area contributed by atoms with Crippen LogP contribution in [0.5, 0.6) is 17.2 Å². The lowest BCUT2D eigenvalue weighted by Crippen LogP contribution is -2.23. The van der Waals surface area contributed by atoms with Gasteiger partial charge in [-0.2, -0.15) is 0 Å². The van der Waals surface area contributed by atoms with Crippen molar-refractivity contribution in [3.8, 4) is 17.2 Å². The van der Waals surface area contributed by atoms with E-state index in [0.29, 0.717) is 22.9 Å². The fourth-order valence-corrected chi connectivity index (χ4v) is 1.54. The highest BCUT2D eigenvalue weighted by molar-refractivity contribution is 5.72. The quantitative estimate of drug-likeness (QED) is 0.818. The van der Waals surface area contributed by atoms with E-state index in [1.165, 1.54) is 6.92 Å². The smallest absolute Gasteiger partial charge is 0.344 e. The van der Waals surface area contributed by atoms with E-state index < -0.39 is 12.1 Å². The molecule has 0 aliphatic rings. The van der Waals surface area contributed by atoms with E-state index in [-0.39, 0.29) is 0 Å². The summed E-state index contributed by atoms with van der Waals surface area (Å²) < 4.78 is 11.0. The first-order valence-electron chi connectivity index (χ1n) is 7.08. The van der Waals surface area contributed by atoms with Gasteiger partial charge in [-0.3, -0.25) is 0 Å². The summed E-state index contributed by atoms with van der Waals surface area (Å²) in [4.78, 5) is 10.8. The van der Waals surface area contributed by atoms with Crippen molar-refractivity contribution in [3.05, 3.63) is 48.5 Å². The summed E-state index contributed by atoms with van der Waals surface area (Å²) in [7, 11) is 0. The van der Waals surface area contributed by atoms with Gasteiger partial charge < -0.3 is 20.3 Å². The third-order valence-corrected chi connectivity index (χ3v) is 2.61. The molecule has 1 unspecified atom stereocenters. The van der Waals surface area contributed by atoms with Crippen molar-refractivity contribution in [2.75, 3.05) is 5.73 Å². The molecule has 0 amide bonds. The van der Waals surface area contributed by atoms with Crippen LogP contribution in [0, 0.1) is 0 Å². The molecule has 3 N–H and O–H groups in total. The summed E-state index contributed by atoms with van der Waals surface area (Å²) in [6.07, 6.45) is -0.953. The molecule has 5 heteroatoms. The predicted octanol–water partition coefficient (Wildman–Crippen LogP) is 3.94. The highest BCUT2D eigenvalue weighted by Gasteiger charge is 2.15. The van der Waals surface area contributed by atoms with Crippen molar-refractivity contribution >= 4 is 11.7 Å². The largest absolute Gasteiger partial charge is 0.479 e. The molecular formula is C17H21NO4. The lowest BCUT2D eigenvalue weighted by Gasteiger charge is -2.14. The van der Waals surface area contributed by atoms with Crippen LogP contribution in [0.1, 0.15) is 20.8 Å². The number of anilines is 1. The average molecular weight is 303 g/mol. The van der Waals surface area contributed by atoms with Crippen LogP contribution in [-0.4, -0.2) is 17.2 Å². The van der Waals surface area contributed by atoms with Crippen molar-refractivity contribution in [1.29, 1.82) is 0 Å². The van der Waals surface area contributed by atoms with Gasteiger partial charge in [-0.15, -0.1) is 0 Å². The molecule has 0 aliphatic heterocycles. The highest BCUT2D eigenvalue weighted by atomic mass is 16.5. The van der Waals surface area contributed by atoms with Crippen molar-refractivity contribution in [3.63, 3.8) is 0 Å². The summed E-state index contributed by atoms with van der Waals surface area (Å²) in [5.41, 5.74) is 6.24. The van der Waals surface area contributed by atoms with Gasteiger partial charge in [-0.05, 0) is 43.3 Å². The Hall–Kier alpha value is -2.69. The Morgan fingerprint density at radius 1 is 1.05 bits per heavy atom. The van der Waals surface area contributed by atoms with Gasteiger partial charge in [0.25, 0.3) is 0 Å². The van der Waals surface area contributed by atoms with Crippen molar-refractivity contribution in [2.24, 2.45) is 0 Å². The first-order chi connectivity index (χ1) is 10.6. The van der Waals surface area contributed by atoms with E-state index >= 15 is 0 Å². The number of aliphatic carboxylic acids is 1. The van der Waals surface area contributed by atoms with Crippen LogP contribution in [-0.2, 0) is 4.79 Å². The number of nitrogen functional groups attached to an aromatic ring is 1. The maximum atomic E-state index is 10.8. The summed E-state index contributed by atoms with van der Waals surface area (Å²) in [6.45, 7) is 5.46. The third kappa shape index (κ3) is 5.01. The molecule has 0 saturated heterocycles. The monoisotopic (exact) mass is 303 g/mol. The second kappa shape index (κ2) is 8.56. The van der Waals surface area contributed by atoms with E-state index in [0.717, 1.165) is 0 Å². The standard InChI is InChI=1S/C15H15NO4.C2H6/c1-10(15(17)18)19-13-4-2-3-5-14(13)20-12-8-6-11(16)7-9-12;1-2/h2-10H,16H2,1H3,(H,17,18);1-2H3. The number of nitrogens with two attached hydrogens (primary N) is 1. The number of para-hydroxylation sites is 2. The normalized spacial score (nSPS) is 10.9. The number of benzene rings is 2. The van der Waals surface area contributed by atoms with E-state index in [2.05, 4.69) is 0 Å². The predicted molar refractivity (Wildman–Crippen MR) is 86.4 cm³/mol. The molecule has 2 rings (SSSR count). The average Bonchev–Trinajstić information content (AvgIpc) is 2.53. The van der Waals surface area contributed by atoms with E-state index in [9.17, 15) is 4.79 Å². The van der Waals surface area contributed by atoms with Crippen molar-refractivity contribution < 1.29 is 19.4 Å². The molecule has 118 valence electrons. The SMILES string of the molecule is CC.CC(Oc1ccccc1Oc1ccc(N)cc1)C(=O)O. The van der Waals surface area contributed by atoms with E-state index in [1.54, 1.807) is 48.5 Å². The summed E-state index contributed by atoms with van der Waals surface area (Å²) in [5, 5.41) is 8.87. The minimum Gasteiger partial charge on any atom is -0.479 e. The van der Waals surface area contributed by atoms with Crippen LogP contribution < -0.4 is 15.2 Å². The van der Waals surface area contributed by atoms with Crippen molar-refractivity contribution in [2.45, 2.75) is 26.9 Å². The van der Waals surface area contributed by atoms with Crippen LogP contribution in [0.15, 0.2) is 48.5 Å². The molecule has 5 nitrogen and oxygen atoms in total. The number of rotatable bonds is 5. The van der Waals surface area contributed by atoms with Gasteiger partial charge in [-0.25, -0.2) is 4.79 Å². The Bertz CT molecular complexity index is 596. The Labute approximate surface area is 130 Å². The van der Waals surface area contributed by atoms with Gasteiger partial charge >= 0.3 is 5.97 Å². The first-order valence-corrected chi connectivity index (χ1v) is 7.08.